The second kappa shape index (κ2) is 12.8. The third kappa shape index (κ3) is 7.21. The average Bonchev–Trinajstić information content (AvgIpc) is 2.83. The number of guanidine groups is 1. The number of fused-ring (bicyclic) bond motifs is 1. The summed E-state index contributed by atoms with van der Waals surface area (Å²) in [7, 11) is 3.54. The Morgan fingerprint density at radius 3 is 2.52 bits per heavy atom. The normalized spacial score (nSPS) is 22.5. The number of aliphatic imine (C=N–C) groups is 1. The molecule has 2 N–H and O–H groups in total. The van der Waals surface area contributed by atoms with Crippen molar-refractivity contribution in [3.63, 3.8) is 0 Å². The number of hydrogen-bond acceptors (Lipinski definition) is 4. The summed E-state index contributed by atoms with van der Waals surface area (Å²) in [5.41, 5.74) is 1.15. The first-order chi connectivity index (χ1) is 15.6. The summed E-state index contributed by atoms with van der Waals surface area (Å²) in [5.74, 6) is 1.67. The van der Waals surface area contributed by atoms with E-state index in [0.717, 1.165) is 55.7 Å². The van der Waals surface area contributed by atoms with E-state index in [1.54, 1.807) is 19.0 Å². The van der Waals surface area contributed by atoms with Gasteiger partial charge in [-0.25, -0.2) is 4.99 Å². The zero-order valence-electron chi connectivity index (χ0n) is 20.1. The van der Waals surface area contributed by atoms with E-state index < -0.39 is 0 Å². The first-order valence-corrected chi connectivity index (χ1v) is 12.3. The number of piperidine rings is 1. The Bertz CT molecular complexity index is 789. The zero-order valence-corrected chi connectivity index (χ0v) is 22.4. The quantitative estimate of drug-likeness (QED) is 0.323. The molecule has 8 heteroatoms. The summed E-state index contributed by atoms with van der Waals surface area (Å²) >= 11 is 0. The second-order valence-electron chi connectivity index (χ2n) is 9.57. The number of rotatable bonds is 5. The van der Waals surface area contributed by atoms with Crippen LogP contribution in [0.1, 0.15) is 63.0 Å². The number of carbonyl (C=O) groups is 1. The van der Waals surface area contributed by atoms with Crippen LogP contribution >= 0.6 is 24.0 Å². The van der Waals surface area contributed by atoms with Gasteiger partial charge in [0, 0.05) is 51.3 Å². The van der Waals surface area contributed by atoms with Gasteiger partial charge in [-0.15, -0.1) is 24.0 Å². The van der Waals surface area contributed by atoms with Crippen molar-refractivity contribution in [2.24, 2.45) is 4.99 Å². The monoisotopic (exact) mass is 569 g/mol. The minimum absolute atomic E-state index is 0. The van der Waals surface area contributed by atoms with E-state index in [2.05, 4.69) is 26.6 Å². The molecule has 1 saturated heterocycles. The first-order valence-electron chi connectivity index (χ1n) is 12.3. The molecular formula is C25H40IN5O2. The summed E-state index contributed by atoms with van der Waals surface area (Å²) in [4.78, 5) is 21.1. The third-order valence-corrected chi connectivity index (χ3v) is 7.10. The van der Waals surface area contributed by atoms with Gasteiger partial charge in [-0.2, -0.15) is 0 Å². The standard InChI is InChI=1S/C25H39N5O2.HI/c1-29(2)24(31)18-26-25(28-22-14-17-32-23-11-7-6-10-21(22)23)27-19-12-15-30(16-13-19)20-8-4-3-5-9-20;/h6-7,10-11,19-20,22H,3-5,8-9,12-18H2,1-2H3,(H2,26,27,28);1H. The van der Waals surface area contributed by atoms with Crippen LogP contribution in [0.4, 0.5) is 0 Å². The number of para-hydroxylation sites is 1. The number of likely N-dealkylation sites (N-methyl/N-ethyl adjacent to an activating group) is 1. The molecule has 0 spiro atoms. The molecule has 184 valence electrons. The van der Waals surface area contributed by atoms with Gasteiger partial charge in [0.25, 0.3) is 0 Å². The fraction of sp³-hybridized carbons (Fsp3) is 0.680. The SMILES string of the molecule is CN(C)C(=O)CN=C(NC1CCN(C2CCCCC2)CC1)NC1CCOc2ccccc21.I. The van der Waals surface area contributed by atoms with Crippen molar-refractivity contribution in [1.82, 2.24) is 20.4 Å². The maximum Gasteiger partial charge on any atom is 0.243 e. The molecule has 2 aliphatic heterocycles. The molecule has 1 aliphatic carbocycles. The Morgan fingerprint density at radius 2 is 1.79 bits per heavy atom. The second-order valence-corrected chi connectivity index (χ2v) is 9.57. The van der Waals surface area contributed by atoms with Crippen molar-refractivity contribution in [1.29, 1.82) is 0 Å². The fourth-order valence-corrected chi connectivity index (χ4v) is 5.13. The lowest BCUT2D eigenvalue weighted by molar-refractivity contribution is -0.127. The van der Waals surface area contributed by atoms with E-state index in [1.165, 1.54) is 32.1 Å². The van der Waals surface area contributed by atoms with Crippen LogP contribution in [0.2, 0.25) is 0 Å². The van der Waals surface area contributed by atoms with Gasteiger partial charge in [0.05, 0.1) is 12.6 Å². The van der Waals surface area contributed by atoms with Crippen molar-refractivity contribution in [3.05, 3.63) is 29.8 Å². The van der Waals surface area contributed by atoms with E-state index in [0.29, 0.717) is 12.6 Å². The van der Waals surface area contributed by atoms with Crippen molar-refractivity contribution in [2.45, 2.75) is 69.5 Å². The van der Waals surface area contributed by atoms with Crippen LogP contribution in [0.25, 0.3) is 0 Å². The highest BCUT2D eigenvalue weighted by Crippen LogP contribution is 2.31. The van der Waals surface area contributed by atoms with Gasteiger partial charge in [-0.1, -0.05) is 37.5 Å². The zero-order chi connectivity index (χ0) is 22.3. The Balaban J connectivity index is 0.00000306. The van der Waals surface area contributed by atoms with Gasteiger partial charge < -0.3 is 25.2 Å². The molecule has 1 aromatic carbocycles. The molecule has 0 aromatic heterocycles. The Kier molecular flexibility index (Phi) is 10.1. The number of likely N-dealkylation sites (tertiary alicyclic amines) is 1. The van der Waals surface area contributed by atoms with Crippen LogP contribution in [-0.2, 0) is 4.79 Å². The predicted octanol–water partition coefficient (Wildman–Crippen LogP) is 3.55. The number of nitrogens with one attached hydrogen (secondary N) is 2. The summed E-state index contributed by atoms with van der Waals surface area (Å²) in [5, 5.41) is 7.26. The molecule has 4 rings (SSSR count). The van der Waals surface area contributed by atoms with Crippen LogP contribution in [-0.4, -0.2) is 74.1 Å². The highest BCUT2D eigenvalue weighted by molar-refractivity contribution is 14.0. The van der Waals surface area contributed by atoms with Crippen LogP contribution in [0.15, 0.2) is 29.3 Å². The Morgan fingerprint density at radius 1 is 1.06 bits per heavy atom. The van der Waals surface area contributed by atoms with Crippen molar-refractivity contribution in [2.75, 3.05) is 40.3 Å². The first kappa shape index (κ1) is 26.1. The summed E-state index contributed by atoms with van der Waals surface area (Å²) in [6, 6.07) is 9.47. The maximum atomic E-state index is 12.2. The van der Waals surface area contributed by atoms with Gasteiger partial charge in [0.1, 0.15) is 12.3 Å². The predicted molar refractivity (Wildman–Crippen MR) is 143 cm³/mol. The molecule has 1 amide bonds. The Hall–Kier alpha value is -1.55. The number of nitrogens with zero attached hydrogens (tertiary/aromatic N) is 3. The van der Waals surface area contributed by atoms with Gasteiger partial charge in [-0.3, -0.25) is 4.79 Å². The average molecular weight is 570 g/mol. The molecule has 3 aliphatic rings. The molecule has 2 fully saturated rings. The van der Waals surface area contributed by atoms with Crippen molar-refractivity contribution in [3.8, 4) is 5.75 Å². The number of hydrogen-bond donors (Lipinski definition) is 2. The highest BCUT2D eigenvalue weighted by atomic mass is 127. The molecular weight excluding hydrogens is 529 g/mol. The fourth-order valence-electron chi connectivity index (χ4n) is 5.13. The van der Waals surface area contributed by atoms with Gasteiger partial charge in [-0.05, 0) is 31.7 Å². The number of halogens is 1. The molecule has 1 unspecified atom stereocenters. The maximum absolute atomic E-state index is 12.2. The molecule has 1 saturated carbocycles. The van der Waals surface area contributed by atoms with Gasteiger partial charge >= 0.3 is 0 Å². The number of amides is 1. The largest absolute Gasteiger partial charge is 0.493 e. The smallest absolute Gasteiger partial charge is 0.243 e. The molecule has 0 bridgehead atoms. The molecule has 0 radical (unpaired) electrons. The minimum Gasteiger partial charge on any atom is -0.493 e. The lowest BCUT2D eigenvalue weighted by Gasteiger charge is -2.40. The summed E-state index contributed by atoms with van der Waals surface area (Å²) in [6.07, 6.45) is 10.0. The molecule has 7 nitrogen and oxygen atoms in total. The molecule has 33 heavy (non-hydrogen) atoms. The number of benzene rings is 1. The summed E-state index contributed by atoms with van der Waals surface area (Å²) in [6.45, 7) is 3.12. The number of ether oxygens (including phenoxy) is 1. The van der Waals surface area contributed by atoms with E-state index >= 15 is 0 Å². The number of carbonyl (C=O) groups excluding carboxylic acids is 1. The third-order valence-electron chi connectivity index (χ3n) is 7.10. The Labute approximate surface area is 215 Å². The van der Waals surface area contributed by atoms with Gasteiger partial charge in [0.2, 0.25) is 5.91 Å². The molecule has 2 heterocycles. The lowest BCUT2D eigenvalue weighted by Crippen LogP contribution is -2.51. The van der Waals surface area contributed by atoms with E-state index in [9.17, 15) is 4.79 Å². The molecule has 1 aromatic rings. The topological polar surface area (TPSA) is 69.2 Å². The van der Waals surface area contributed by atoms with Crippen LogP contribution in [0.5, 0.6) is 5.75 Å². The lowest BCUT2D eigenvalue weighted by atomic mass is 9.92. The van der Waals surface area contributed by atoms with Crippen molar-refractivity contribution < 1.29 is 9.53 Å². The van der Waals surface area contributed by atoms with Crippen molar-refractivity contribution >= 4 is 35.8 Å². The minimum atomic E-state index is 0. The van der Waals surface area contributed by atoms with Crippen LogP contribution in [0, 0.1) is 0 Å². The summed E-state index contributed by atoms with van der Waals surface area (Å²) < 4.78 is 5.82. The van der Waals surface area contributed by atoms with E-state index in [4.69, 9.17) is 4.74 Å². The highest BCUT2D eigenvalue weighted by Gasteiger charge is 2.28. The van der Waals surface area contributed by atoms with E-state index in [-0.39, 0.29) is 42.5 Å². The molecule has 1 atom stereocenters. The van der Waals surface area contributed by atoms with Gasteiger partial charge in [0.15, 0.2) is 5.96 Å². The van der Waals surface area contributed by atoms with Crippen LogP contribution < -0.4 is 15.4 Å². The van der Waals surface area contributed by atoms with E-state index in [1.807, 2.05) is 18.2 Å². The van der Waals surface area contributed by atoms with Crippen LogP contribution in [0.3, 0.4) is 0 Å².